The third-order valence-corrected chi connectivity index (χ3v) is 7.92. The van der Waals surface area contributed by atoms with Crippen molar-refractivity contribution in [2.45, 2.75) is 19.9 Å². The summed E-state index contributed by atoms with van der Waals surface area (Å²) in [5.74, 6) is -1.88. The maximum Gasteiger partial charge on any atom is 0.296 e. The summed E-state index contributed by atoms with van der Waals surface area (Å²) < 4.78 is 6.52. The van der Waals surface area contributed by atoms with Gasteiger partial charge in [-0.15, -0.1) is 0 Å². The summed E-state index contributed by atoms with van der Waals surface area (Å²) in [5, 5.41) is 21.8. The van der Waals surface area contributed by atoms with E-state index in [9.17, 15) is 19.8 Å². The van der Waals surface area contributed by atoms with Crippen molar-refractivity contribution < 1.29 is 24.5 Å². The number of halogens is 1. The van der Waals surface area contributed by atoms with Gasteiger partial charge in [0.1, 0.15) is 0 Å². The molecule has 4 aromatic rings. The number of phenols is 1. The van der Waals surface area contributed by atoms with Gasteiger partial charge >= 0.3 is 0 Å². The van der Waals surface area contributed by atoms with Crippen molar-refractivity contribution in [2.24, 2.45) is 0 Å². The van der Waals surface area contributed by atoms with Gasteiger partial charge < -0.3 is 14.9 Å². The summed E-state index contributed by atoms with van der Waals surface area (Å²) in [6.45, 7) is 3.93. The number of aryl methyl sites for hydroxylation is 2. The molecule has 1 amide bonds. The Kier molecular flexibility index (Phi) is 6.81. The number of rotatable bonds is 6. The molecular weight excluding hydrogens is 568 g/mol. The van der Waals surface area contributed by atoms with E-state index in [1.165, 1.54) is 29.4 Å². The summed E-state index contributed by atoms with van der Waals surface area (Å²) in [7, 11) is 1.41. The normalized spacial score (nSPS) is 15.7. The Labute approximate surface area is 231 Å². The number of ketones is 1. The van der Waals surface area contributed by atoms with Crippen LogP contribution in [0, 0.1) is 13.8 Å². The van der Waals surface area contributed by atoms with Crippen LogP contribution >= 0.6 is 27.3 Å². The quantitative estimate of drug-likeness (QED) is 0.246. The first kappa shape index (κ1) is 25.7. The lowest BCUT2D eigenvalue weighted by molar-refractivity contribution is -0.117. The lowest BCUT2D eigenvalue weighted by Gasteiger charge is -2.25. The molecule has 1 aliphatic rings. The van der Waals surface area contributed by atoms with E-state index in [1.54, 1.807) is 18.2 Å². The first-order valence-corrected chi connectivity index (χ1v) is 13.3. The minimum absolute atomic E-state index is 0.0889. The number of phenolic OH excluding ortho intramolecular Hbond substituents is 1. The van der Waals surface area contributed by atoms with Crippen LogP contribution in [-0.4, -0.2) is 34.0 Å². The molecule has 9 heteroatoms. The molecule has 0 fully saturated rings. The molecule has 38 heavy (non-hydrogen) atoms. The van der Waals surface area contributed by atoms with Crippen molar-refractivity contribution in [2.75, 3.05) is 12.0 Å². The van der Waals surface area contributed by atoms with E-state index >= 15 is 0 Å². The fraction of sp³-hybridized carbons (Fsp3) is 0.138. The lowest BCUT2D eigenvalue weighted by Crippen LogP contribution is -2.30. The average Bonchev–Trinajstić information content (AvgIpc) is 3.43. The van der Waals surface area contributed by atoms with Crippen LogP contribution in [0.25, 0.3) is 16.3 Å². The zero-order chi connectivity index (χ0) is 27.1. The minimum Gasteiger partial charge on any atom is -0.503 e. The standard InChI is InChI=1S/C29H23BrN2O5S/c1-15-11-16(2)24-22(12-15)38-29(31-24)32-25(18-13-19(30)26(34)21(14-18)37-3)23(27(35)28(32)36)20(33)10-9-17-7-5-4-6-8-17/h4-14,25,34-35H,1-3H3/b10-9+. The van der Waals surface area contributed by atoms with Crippen LogP contribution in [-0.2, 0) is 9.59 Å². The van der Waals surface area contributed by atoms with Gasteiger partial charge in [0.05, 0.1) is 33.4 Å². The highest BCUT2D eigenvalue weighted by atomic mass is 79.9. The Morgan fingerprint density at radius 3 is 2.58 bits per heavy atom. The molecule has 1 aliphatic heterocycles. The number of fused-ring (bicyclic) bond motifs is 1. The summed E-state index contributed by atoms with van der Waals surface area (Å²) >= 11 is 4.63. The Morgan fingerprint density at radius 1 is 1.13 bits per heavy atom. The van der Waals surface area contributed by atoms with Crippen molar-refractivity contribution in [3.05, 3.63) is 98.7 Å². The van der Waals surface area contributed by atoms with E-state index < -0.39 is 23.5 Å². The Balaban J connectivity index is 1.67. The number of allylic oxidation sites excluding steroid dienone is 1. The van der Waals surface area contributed by atoms with Crippen molar-refractivity contribution in [3.63, 3.8) is 0 Å². The van der Waals surface area contributed by atoms with E-state index in [0.717, 1.165) is 26.9 Å². The number of methoxy groups -OCH3 is 1. The van der Waals surface area contributed by atoms with Gasteiger partial charge in [-0.25, -0.2) is 4.98 Å². The van der Waals surface area contributed by atoms with Crippen molar-refractivity contribution in [1.82, 2.24) is 4.98 Å². The molecule has 2 heterocycles. The number of aromatic nitrogens is 1. The van der Waals surface area contributed by atoms with Crippen LogP contribution < -0.4 is 9.64 Å². The predicted molar refractivity (Wildman–Crippen MR) is 152 cm³/mol. The summed E-state index contributed by atoms with van der Waals surface area (Å²) in [4.78, 5) is 33.1. The SMILES string of the molecule is COc1cc(C2C(C(=O)/C=C/c3ccccc3)=C(O)C(=O)N2c2nc3c(C)cc(C)cc3s2)cc(Br)c1O. The first-order valence-electron chi connectivity index (χ1n) is 11.7. The molecule has 192 valence electrons. The number of nitrogens with zero attached hydrogens (tertiary/aromatic N) is 2. The number of anilines is 1. The van der Waals surface area contributed by atoms with Gasteiger partial charge in [0.2, 0.25) is 0 Å². The number of aromatic hydroxyl groups is 1. The van der Waals surface area contributed by atoms with Crippen molar-refractivity contribution in [3.8, 4) is 11.5 Å². The zero-order valence-electron chi connectivity index (χ0n) is 20.7. The van der Waals surface area contributed by atoms with E-state index in [4.69, 9.17) is 9.72 Å². The van der Waals surface area contributed by atoms with Crippen molar-refractivity contribution >= 4 is 60.4 Å². The number of aliphatic hydroxyl groups excluding tert-OH is 1. The topological polar surface area (TPSA) is 100.0 Å². The van der Waals surface area contributed by atoms with Gasteiger partial charge in [-0.3, -0.25) is 14.5 Å². The minimum atomic E-state index is -1.01. The summed E-state index contributed by atoms with van der Waals surface area (Å²) in [6, 6.07) is 15.4. The molecule has 0 saturated heterocycles. The lowest BCUT2D eigenvalue weighted by atomic mass is 9.95. The Morgan fingerprint density at radius 2 is 1.87 bits per heavy atom. The van der Waals surface area contributed by atoms with Crippen molar-refractivity contribution in [1.29, 1.82) is 0 Å². The Bertz CT molecular complexity index is 1660. The van der Waals surface area contributed by atoms with Crippen LogP contribution in [0.1, 0.15) is 28.3 Å². The van der Waals surface area contributed by atoms with Crippen LogP contribution in [0.4, 0.5) is 5.13 Å². The number of thiazole rings is 1. The van der Waals surface area contributed by atoms with E-state index in [0.29, 0.717) is 15.2 Å². The second-order valence-corrected chi connectivity index (χ2v) is 10.8. The molecule has 1 aromatic heterocycles. The van der Waals surface area contributed by atoms with E-state index in [2.05, 4.69) is 15.9 Å². The second-order valence-electron chi connectivity index (χ2n) is 8.93. The van der Waals surface area contributed by atoms with Crippen LogP contribution in [0.3, 0.4) is 0 Å². The third-order valence-electron chi connectivity index (χ3n) is 6.31. The molecule has 2 N–H and O–H groups in total. The summed E-state index contributed by atoms with van der Waals surface area (Å²) in [5.41, 5.74) is 3.92. The first-order chi connectivity index (χ1) is 18.2. The highest BCUT2D eigenvalue weighted by Crippen LogP contribution is 2.47. The molecule has 5 rings (SSSR count). The largest absolute Gasteiger partial charge is 0.503 e. The highest BCUT2D eigenvalue weighted by molar-refractivity contribution is 9.10. The third kappa shape index (κ3) is 4.48. The Hall–Kier alpha value is -3.95. The molecule has 1 unspecified atom stereocenters. The molecule has 0 spiro atoms. The molecule has 1 atom stereocenters. The van der Waals surface area contributed by atoms with Gasteiger partial charge in [0.25, 0.3) is 5.91 Å². The number of carbonyl (C=O) groups excluding carboxylic acids is 2. The van der Waals surface area contributed by atoms with E-state index in [1.807, 2.05) is 56.3 Å². The number of ether oxygens (including phenoxy) is 1. The van der Waals surface area contributed by atoms with Gasteiger partial charge in [-0.2, -0.15) is 0 Å². The average molecular weight is 591 g/mol. The highest BCUT2D eigenvalue weighted by Gasteiger charge is 2.45. The number of hydrogen-bond acceptors (Lipinski definition) is 7. The van der Waals surface area contributed by atoms with Gasteiger partial charge in [0.15, 0.2) is 28.2 Å². The fourth-order valence-electron chi connectivity index (χ4n) is 4.56. The molecule has 3 aromatic carbocycles. The number of amides is 1. The monoisotopic (exact) mass is 590 g/mol. The maximum atomic E-state index is 13.5. The molecule has 0 aliphatic carbocycles. The van der Waals surface area contributed by atoms with Crippen LogP contribution in [0.15, 0.2) is 76.5 Å². The molecule has 7 nitrogen and oxygen atoms in total. The smallest absolute Gasteiger partial charge is 0.296 e. The number of benzene rings is 3. The van der Waals surface area contributed by atoms with E-state index in [-0.39, 0.29) is 17.1 Å². The molecule has 0 bridgehead atoms. The number of hydrogen-bond donors (Lipinski definition) is 2. The maximum absolute atomic E-state index is 13.5. The van der Waals surface area contributed by atoms with Gasteiger partial charge in [-0.05, 0) is 76.3 Å². The summed E-state index contributed by atoms with van der Waals surface area (Å²) in [6.07, 6.45) is 2.97. The molecular formula is C29H23BrN2O5S. The molecule has 0 radical (unpaired) electrons. The zero-order valence-corrected chi connectivity index (χ0v) is 23.1. The van der Waals surface area contributed by atoms with Gasteiger partial charge in [0, 0.05) is 0 Å². The van der Waals surface area contributed by atoms with Crippen LogP contribution in [0.5, 0.6) is 11.5 Å². The molecule has 0 saturated carbocycles. The second kappa shape index (κ2) is 10.1. The number of carbonyl (C=O) groups is 2. The number of aliphatic hydroxyl groups is 1. The van der Waals surface area contributed by atoms with Gasteiger partial charge in [-0.1, -0.05) is 53.8 Å². The van der Waals surface area contributed by atoms with Crippen LogP contribution in [0.2, 0.25) is 0 Å². The fourth-order valence-corrected chi connectivity index (χ4v) is 6.19. The predicted octanol–water partition coefficient (Wildman–Crippen LogP) is 6.57.